The van der Waals surface area contributed by atoms with Crippen LogP contribution in [0.25, 0.3) is 5.69 Å². The van der Waals surface area contributed by atoms with Gasteiger partial charge in [-0.15, -0.1) is 0 Å². The van der Waals surface area contributed by atoms with Crippen molar-refractivity contribution < 1.29 is 24.0 Å². The second kappa shape index (κ2) is 7.43. The molecule has 3 aromatic rings. The molecule has 1 aliphatic rings. The normalized spacial score (nSPS) is 12.6. The third kappa shape index (κ3) is 3.27. The lowest BCUT2D eigenvalue weighted by Gasteiger charge is -2.12. The van der Waals surface area contributed by atoms with Crippen LogP contribution in [0.3, 0.4) is 0 Å². The number of ether oxygens (including phenoxy) is 1. The zero-order valence-electron chi connectivity index (χ0n) is 15.1. The van der Waals surface area contributed by atoms with E-state index in [-0.39, 0.29) is 29.2 Å². The minimum atomic E-state index is -0.992. The van der Waals surface area contributed by atoms with Crippen molar-refractivity contribution in [1.82, 2.24) is 14.8 Å². The van der Waals surface area contributed by atoms with Gasteiger partial charge in [-0.2, -0.15) is 5.10 Å². The Hall–Kier alpha value is -4.20. The van der Waals surface area contributed by atoms with Gasteiger partial charge in [-0.25, -0.2) is 9.48 Å². The molecule has 0 unspecified atom stereocenters. The van der Waals surface area contributed by atoms with E-state index in [4.69, 9.17) is 9.57 Å². The van der Waals surface area contributed by atoms with Gasteiger partial charge < -0.3 is 9.57 Å². The highest BCUT2D eigenvalue weighted by Crippen LogP contribution is 2.25. The van der Waals surface area contributed by atoms with Crippen molar-refractivity contribution in [1.29, 1.82) is 0 Å². The second-order valence-electron chi connectivity index (χ2n) is 6.05. The Balaban J connectivity index is 1.63. The molecule has 0 saturated carbocycles. The highest BCUT2D eigenvalue weighted by molar-refractivity contribution is 6.21. The first-order valence-electron chi connectivity index (χ1n) is 8.69. The van der Waals surface area contributed by atoms with Crippen LogP contribution in [0.5, 0.6) is 5.75 Å². The van der Waals surface area contributed by atoms with E-state index in [0.717, 1.165) is 0 Å². The van der Waals surface area contributed by atoms with Crippen molar-refractivity contribution in [3.8, 4) is 11.4 Å². The average Bonchev–Trinajstić information content (AvgIpc) is 3.29. The smallest absolute Gasteiger partial charge is 0.387 e. The molecule has 2 amide bonds. The number of carbonyl (C=O) groups excluding carboxylic acids is 3. The topological polar surface area (TPSA) is 90.7 Å². The lowest BCUT2D eigenvalue weighted by atomic mass is 10.1. The third-order valence-corrected chi connectivity index (χ3v) is 4.18. The van der Waals surface area contributed by atoms with Gasteiger partial charge in [0.15, 0.2) is 5.75 Å². The van der Waals surface area contributed by atoms with Crippen LogP contribution in [-0.2, 0) is 4.84 Å². The fourth-order valence-corrected chi connectivity index (χ4v) is 2.84. The van der Waals surface area contributed by atoms with Crippen LogP contribution in [0.15, 0.2) is 73.4 Å². The molecular weight excluding hydrogens is 374 g/mol. The Kier molecular flexibility index (Phi) is 4.66. The van der Waals surface area contributed by atoms with Crippen LogP contribution in [0.1, 0.15) is 31.2 Å². The Morgan fingerprint density at radius 1 is 1.00 bits per heavy atom. The van der Waals surface area contributed by atoms with Crippen molar-refractivity contribution in [2.45, 2.75) is 0 Å². The van der Waals surface area contributed by atoms with E-state index >= 15 is 0 Å². The first-order valence-corrected chi connectivity index (χ1v) is 8.69. The molecule has 8 nitrogen and oxygen atoms in total. The van der Waals surface area contributed by atoms with E-state index in [1.54, 1.807) is 24.3 Å². The standard InChI is InChI=1S/C21H15N3O5/c1-2-12-28-17-13-23(14-8-4-3-5-9-14)22-18(17)21(27)29-24-19(25)15-10-6-7-11-16(15)20(24)26/h2-11,13H,1,12H2. The number of nitrogens with zero attached hydrogens (tertiary/aromatic N) is 3. The maximum Gasteiger partial charge on any atom is 0.387 e. The Morgan fingerprint density at radius 3 is 2.24 bits per heavy atom. The van der Waals surface area contributed by atoms with Crippen LogP contribution in [0.2, 0.25) is 0 Å². The lowest BCUT2D eigenvalue weighted by Crippen LogP contribution is -2.33. The Morgan fingerprint density at radius 2 is 1.62 bits per heavy atom. The van der Waals surface area contributed by atoms with Crippen molar-refractivity contribution >= 4 is 17.8 Å². The summed E-state index contributed by atoms with van der Waals surface area (Å²) >= 11 is 0. The first-order chi connectivity index (χ1) is 14.1. The van der Waals surface area contributed by atoms with Crippen molar-refractivity contribution in [3.05, 3.63) is 90.3 Å². The van der Waals surface area contributed by atoms with Gasteiger partial charge in [0.2, 0.25) is 5.69 Å². The molecule has 8 heteroatoms. The molecule has 1 aromatic heterocycles. The number of hydrogen-bond acceptors (Lipinski definition) is 6. The molecule has 0 N–H and O–H groups in total. The first kappa shape index (κ1) is 18.2. The molecule has 1 aliphatic heterocycles. The van der Waals surface area contributed by atoms with Crippen LogP contribution >= 0.6 is 0 Å². The summed E-state index contributed by atoms with van der Waals surface area (Å²) in [7, 11) is 0. The van der Waals surface area contributed by atoms with Gasteiger partial charge in [0.1, 0.15) is 6.61 Å². The SMILES string of the molecule is C=CCOc1cn(-c2ccccc2)nc1C(=O)ON1C(=O)c2ccccc2C1=O. The van der Waals surface area contributed by atoms with Crippen molar-refractivity contribution in [2.24, 2.45) is 0 Å². The molecular formula is C21H15N3O5. The Labute approximate surface area is 165 Å². The minimum absolute atomic E-state index is 0.133. The maximum absolute atomic E-state index is 12.7. The summed E-state index contributed by atoms with van der Waals surface area (Å²) < 4.78 is 6.94. The number of carbonyl (C=O) groups is 3. The zero-order chi connectivity index (χ0) is 20.4. The van der Waals surface area contributed by atoms with Crippen LogP contribution < -0.4 is 4.74 Å². The number of fused-ring (bicyclic) bond motifs is 1. The van der Waals surface area contributed by atoms with Gasteiger partial charge in [-0.1, -0.05) is 48.1 Å². The lowest BCUT2D eigenvalue weighted by molar-refractivity contribution is -0.0590. The highest BCUT2D eigenvalue weighted by atomic mass is 16.7. The quantitative estimate of drug-likeness (QED) is 0.476. The van der Waals surface area contributed by atoms with E-state index in [2.05, 4.69) is 11.7 Å². The summed E-state index contributed by atoms with van der Waals surface area (Å²) in [6, 6.07) is 15.3. The van der Waals surface area contributed by atoms with E-state index in [1.165, 1.54) is 29.1 Å². The average molecular weight is 389 g/mol. The zero-order valence-corrected chi connectivity index (χ0v) is 15.1. The molecule has 2 heterocycles. The predicted octanol–water partition coefficient (Wildman–Crippen LogP) is 2.81. The molecule has 144 valence electrons. The van der Waals surface area contributed by atoms with Gasteiger partial charge in [-0.3, -0.25) is 9.59 Å². The summed E-state index contributed by atoms with van der Waals surface area (Å²) in [6.45, 7) is 3.71. The highest BCUT2D eigenvalue weighted by Gasteiger charge is 2.39. The molecule has 0 spiro atoms. The summed E-state index contributed by atoms with van der Waals surface area (Å²) in [5, 5.41) is 4.64. The van der Waals surface area contributed by atoms with Crippen molar-refractivity contribution in [2.75, 3.05) is 6.61 Å². The number of amides is 2. The molecule has 0 atom stereocenters. The van der Waals surface area contributed by atoms with Crippen LogP contribution in [0.4, 0.5) is 0 Å². The number of aromatic nitrogens is 2. The van der Waals surface area contributed by atoms with E-state index in [0.29, 0.717) is 10.8 Å². The number of imide groups is 1. The van der Waals surface area contributed by atoms with E-state index in [9.17, 15) is 14.4 Å². The molecule has 4 rings (SSSR count). The number of para-hydroxylation sites is 1. The van der Waals surface area contributed by atoms with Crippen molar-refractivity contribution in [3.63, 3.8) is 0 Å². The molecule has 0 fully saturated rings. The number of hydroxylamine groups is 2. The Bertz CT molecular complexity index is 1090. The van der Waals surface area contributed by atoms with E-state index < -0.39 is 17.8 Å². The van der Waals surface area contributed by atoms with Gasteiger partial charge in [0.05, 0.1) is 23.0 Å². The predicted molar refractivity (Wildman–Crippen MR) is 102 cm³/mol. The van der Waals surface area contributed by atoms with Gasteiger partial charge in [0.25, 0.3) is 11.8 Å². The fourth-order valence-electron chi connectivity index (χ4n) is 2.84. The monoisotopic (exact) mass is 389 g/mol. The van der Waals surface area contributed by atoms with Gasteiger partial charge in [-0.05, 0) is 24.3 Å². The van der Waals surface area contributed by atoms with Crippen LogP contribution in [-0.4, -0.2) is 39.2 Å². The van der Waals surface area contributed by atoms with E-state index in [1.807, 2.05) is 18.2 Å². The third-order valence-electron chi connectivity index (χ3n) is 4.18. The minimum Gasteiger partial charge on any atom is -0.485 e. The van der Waals surface area contributed by atoms with Crippen LogP contribution in [0, 0.1) is 0 Å². The molecule has 0 radical (unpaired) electrons. The summed E-state index contributed by atoms with van der Waals surface area (Å²) in [5.74, 6) is -2.28. The maximum atomic E-state index is 12.7. The fraction of sp³-hybridized carbons (Fsp3) is 0.0476. The number of benzene rings is 2. The second-order valence-corrected chi connectivity index (χ2v) is 6.05. The summed E-state index contributed by atoms with van der Waals surface area (Å²) in [5.41, 5.74) is 0.856. The van der Waals surface area contributed by atoms with Gasteiger partial charge >= 0.3 is 5.97 Å². The molecule has 29 heavy (non-hydrogen) atoms. The largest absolute Gasteiger partial charge is 0.485 e. The molecule has 0 aliphatic carbocycles. The number of rotatable bonds is 6. The van der Waals surface area contributed by atoms with Gasteiger partial charge in [0, 0.05) is 0 Å². The molecule has 0 saturated heterocycles. The number of hydrogen-bond donors (Lipinski definition) is 0. The molecule has 0 bridgehead atoms. The summed E-state index contributed by atoms with van der Waals surface area (Å²) in [4.78, 5) is 42.6. The molecule has 2 aromatic carbocycles. The summed E-state index contributed by atoms with van der Waals surface area (Å²) in [6.07, 6.45) is 3.02.